The van der Waals surface area contributed by atoms with Crippen LogP contribution in [0.3, 0.4) is 0 Å². The Hall–Kier alpha value is -1.20. The summed E-state index contributed by atoms with van der Waals surface area (Å²) in [5.41, 5.74) is 1.10. The fourth-order valence-corrected chi connectivity index (χ4v) is 1.84. The highest BCUT2D eigenvalue weighted by molar-refractivity contribution is 5.29. The molecule has 1 rings (SSSR count). The lowest BCUT2D eigenvalue weighted by molar-refractivity contribution is 0.0144. The van der Waals surface area contributed by atoms with Gasteiger partial charge in [0.2, 0.25) is 0 Å². The zero-order valence-corrected chi connectivity index (χ0v) is 11.4. The first kappa shape index (κ1) is 15.9. The van der Waals surface area contributed by atoms with E-state index in [2.05, 4.69) is 5.32 Å². The summed E-state index contributed by atoms with van der Waals surface area (Å²) in [6.45, 7) is 2.64. The van der Waals surface area contributed by atoms with E-state index in [1.807, 2.05) is 31.2 Å². The summed E-state index contributed by atoms with van der Waals surface area (Å²) in [6, 6.07) is 7.83. The normalized spacial score (nSPS) is 12.7. The van der Waals surface area contributed by atoms with E-state index >= 15 is 0 Å². The lowest BCUT2D eigenvalue weighted by Crippen LogP contribution is -2.22. The summed E-state index contributed by atoms with van der Waals surface area (Å²) in [4.78, 5) is 0. The maximum absolute atomic E-state index is 12.0. The van der Waals surface area contributed by atoms with Gasteiger partial charge in [-0.1, -0.05) is 19.1 Å². The van der Waals surface area contributed by atoms with Crippen LogP contribution in [-0.4, -0.2) is 33.3 Å². The van der Waals surface area contributed by atoms with Crippen LogP contribution in [0.4, 0.5) is 8.78 Å². The van der Waals surface area contributed by atoms with Gasteiger partial charge in [-0.3, -0.25) is 0 Å². The van der Waals surface area contributed by atoms with E-state index in [4.69, 9.17) is 9.47 Å². The number of nitrogens with one attached hydrogen (secondary N) is 1. The molecule has 0 aliphatic heterocycles. The van der Waals surface area contributed by atoms with Gasteiger partial charge in [-0.25, -0.2) is 8.78 Å². The molecule has 0 bridgehead atoms. The number of benzene rings is 1. The van der Waals surface area contributed by atoms with Crippen LogP contribution in [0, 0.1) is 0 Å². The number of methoxy groups -OCH3 is 1. The average molecular weight is 273 g/mol. The Morgan fingerprint density at radius 1 is 1.21 bits per heavy atom. The van der Waals surface area contributed by atoms with Crippen molar-refractivity contribution >= 4 is 0 Å². The van der Waals surface area contributed by atoms with Crippen molar-refractivity contribution in [2.24, 2.45) is 0 Å². The van der Waals surface area contributed by atoms with Gasteiger partial charge >= 0.3 is 0 Å². The lowest BCUT2D eigenvalue weighted by Gasteiger charge is -2.18. The first-order valence-corrected chi connectivity index (χ1v) is 6.40. The van der Waals surface area contributed by atoms with Gasteiger partial charge in [0.15, 0.2) is 0 Å². The van der Waals surface area contributed by atoms with Crippen molar-refractivity contribution < 1.29 is 18.3 Å². The molecular weight excluding hydrogens is 252 g/mol. The zero-order chi connectivity index (χ0) is 14.1. The van der Waals surface area contributed by atoms with Crippen LogP contribution in [0.2, 0.25) is 0 Å². The first-order valence-electron chi connectivity index (χ1n) is 6.40. The molecule has 1 aromatic rings. The Labute approximate surface area is 112 Å². The standard InChI is InChI=1S/C14H21F2NO2/c1-3-17-13(8-9-19-10-14(15)16)11-4-6-12(18-2)7-5-11/h4-7,13-14,17H,3,8-10H2,1-2H3. The fraction of sp³-hybridized carbons (Fsp3) is 0.571. The molecule has 0 aromatic heterocycles. The number of ether oxygens (including phenoxy) is 2. The van der Waals surface area contributed by atoms with E-state index < -0.39 is 13.0 Å². The van der Waals surface area contributed by atoms with E-state index in [0.717, 1.165) is 17.9 Å². The predicted octanol–water partition coefficient (Wildman–Crippen LogP) is 3.02. The number of alkyl halides is 2. The van der Waals surface area contributed by atoms with E-state index in [9.17, 15) is 8.78 Å². The quantitative estimate of drug-likeness (QED) is 0.702. The van der Waals surface area contributed by atoms with Crippen molar-refractivity contribution in [3.8, 4) is 5.75 Å². The maximum Gasteiger partial charge on any atom is 0.261 e. The molecule has 0 saturated carbocycles. The molecule has 0 heterocycles. The molecule has 1 N–H and O–H groups in total. The molecule has 5 heteroatoms. The number of halogens is 2. The summed E-state index contributed by atoms with van der Waals surface area (Å²) >= 11 is 0. The topological polar surface area (TPSA) is 30.5 Å². The van der Waals surface area contributed by atoms with Crippen molar-refractivity contribution in [1.82, 2.24) is 5.32 Å². The summed E-state index contributed by atoms with van der Waals surface area (Å²) in [5.74, 6) is 0.799. The molecule has 0 amide bonds. The predicted molar refractivity (Wildman–Crippen MR) is 70.9 cm³/mol. The van der Waals surface area contributed by atoms with Crippen LogP contribution in [0.15, 0.2) is 24.3 Å². The van der Waals surface area contributed by atoms with Crippen molar-refractivity contribution in [2.75, 3.05) is 26.9 Å². The first-order chi connectivity index (χ1) is 9.17. The van der Waals surface area contributed by atoms with E-state index in [-0.39, 0.29) is 6.04 Å². The molecule has 0 spiro atoms. The number of rotatable bonds is 9. The summed E-state index contributed by atoms with van der Waals surface area (Å²) in [5, 5.41) is 3.32. The minimum atomic E-state index is -2.40. The summed E-state index contributed by atoms with van der Waals surface area (Å²) in [7, 11) is 1.62. The third-order valence-corrected chi connectivity index (χ3v) is 2.76. The Kier molecular flexibility index (Phi) is 7.36. The van der Waals surface area contributed by atoms with Gasteiger partial charge in [-0.15, -0.1) is 0 Å². The van der Waals surface area contributed by atoms with Crippen LogP contribution >= 0.6 is 0 Å². The Bertz CT molecular complexity index is 344. The highest BCUT2D eigenvalue weighted by Crippen LogP contribution is 2.20. The molecule has 1 aromatic carbocycles. The van der Waals surface area contributed by atoms with Gasteiger partial charge in [-0.2, -0.15) is 0 Å². The minimum absolute atomic E-state index is 0.105. The average Bonchev–Trinajstić information content (AvgIpc) is 2.42. The summed E-state index contributed by atoms with van der Waals surface area (Å²) in [6.07, 6.45) is -1.74. The highest BCUT2D eigenvalue weighted by atomic mass is 19.3. The molecule has 1 atom stereocenters. The van der Waals surface area contributed by atoms with Crippen molar-refractivity contribution in [3.63, 3.8) is 0 Å². The van der Waals surface area contributed by atoms with Crippen LogP contribution < -0.4 is 10.1 Å². The minimum Gasteiger partial charge on any atom is -0.497 e. The largest absolute Gasteiger partial charge is 0.497 e. The Morgan fingerprint density at radius 2 is 1.89 bits per heavy atom. The second kappa shape index (κ2) is 8.82. The smallest absolute Gasteiger partial charge is 0.261 e. The monoisotopic (exact) mass is 273 g/mol. The van der Waals surface area contributed by atoms with E-state index in [1.54, 1.807) is 7.11 Å². The van der Waals surface area contributed by atoms with Crippen LogP contribution in [-0.2, 0) is 4.74 Å². The highest BCUT2D eigenvalue weighted by Gasteiger charge is 2.11. The van der Waals surface area contributed by atoms with Gasteiger partial charge in [0.1, 0.15) is 12.4 Å². The Morgan fingerprint density at radius 3 is 2.42 bits per heavy atom. The second-order valence-electron chi connectivity index (χ2n) is 4.14. The Balaban J connectivity index is 2.50. The van der Waals surface area contributed by atoms with Gasteiger partial charge in [-0.05, 0) is 30.7 Å². The van der Waals surface area contributed by atoms with Crippen molar-refractivity contribution in [1.29, 1.82) is 0 Å². The van der Waals surface area contributed by atoms with Gasteiger partial charge in [0.25, 0.3) is 6.43 Å². The number of hydrogen-bond acceptors (Lipinski definition) is 3. The molecule has 0 aliphatic rings. The molecule has 3 nitrogen and oxygen atoms in total. The maximum atomic E-state index is 12.0. The fourth-order valence-electron chi connectivity index (χ4n) is 1.84. The molecule has 0 aliphatic carbocycles. The molecule has 1 unspecified atom stereocenters. The molecule has 0 fully saturated rings. The lowest BCUT2D eigenvalue weighted by atomic mass is 10.0. The number of hydrogen-bond donors (Lipinski definition) is 1. The molecular formula is C14H21F2NO2. The van der Waals surface area contributed by atoms with Crippen LogP contribution in [0.1, 0.15) is 24.9 Å². The third-order valence-electron chi connectivity index (χ3n) is 2.76. The van der Waals surface area contributed by atoms with E-state index in [0.29, 0.717) is 13.0 Å². The van der Waals surface area contributed by atoms with Crippen LogP contribution in [0.5, 0.6) is 5.75 Å². The SMILES string of the molecule is CCNC(CCOCC(F)F)c1ccc(OC)cc1. The summed E-state index contributed by atoms with van der Waals surface area (Å²) < 4.78 is 33.9. The van der Waals surface area contributed by atoms with Gasteiger partial charge in [0, 0.05) is 12.6 Å². The van der Waals surface area contributed by atoms with Crippen molar-refractivity contribution in [2.45, 2.75) is 25.8 Å². The second-order valence-corrected chi connectivity index (χ2v) is 4.14. The molecule has 108 valence electrons. The zero-order valence-electron chi connectivity index (χ0n) is 11.4. The molecule has 0 saturated heterocycles. The molecule has 19 heavy (non-hydrogen) atoms. The van der Waals surface area contributed by atoms with E-state index in [1.165, 1.54) is 0 Å². The third kappa shape index (κ3) is 5.98. The molecule has 0 radical (unpaired) electrons. The van der Waals surface area contributed by atoms with Gasteiger partial charge < -0.3 is 14.8 Å². The van der Waals surface area contributed by atoms with Crippen LogP contribution in [0.25, 0.3) is 0 Å². The van der Waals surface area contributed by atoms with Crippen molar-refractivity contribution in [3.05, 3.63) is 29.8 Å². The van der Waals surface area contributed by atoms with Gasteiger partial charge in [0.05, 0.1) is 7.11 Å².